The number of hydrogen-bond donors (Lipinski definition) is 2. The molecule has 90 valence electrons. The fourth-order valence-electron chi connectivity index (χ4n) is 1.80. The fraction of sp³-hybridized carbons (Fsp3) is 0.400. The predicted octanol–water partition coefficient (Wildman–Crippen LogP) is -0.564. The minimum Gasteiger partial charge on any atom is -0.389 e. The average Bonchev–Trinajstić information content (AvgIpc) is 2.33. The van der Waals surface area contributed by atoms with Gasteiger partial charge >= 0.3 is 0 Å². The molecule has 7 heteroatoms. The maximum atomic E-state index is 11.6. The third kappa shape index (κ3) is 2.19. The molecule has 2 heterocycles. The van der Waals surface area contributed by atoms with Crippen molar-refractivity contribution in [2.24, 2.45) is 5.73 Å². The lowest BCUT2D eigenvalue weighted by molar-refractivity contribution is -0.122. The van der Waals surface area contributed by atoms with Crippen molar-refractivity contribution in [3.05, 3.63) is 17.8 Å². The van der Waals surface area contributed by atoms with Crippen LogP contribution in [0.1, 0.15) is 12.5 Å². The second-order valence-corrected chi connectivity index (χ2v) is 4.23. The zero-order valence-corrected chi connectivity index (χ0v) is 10.2. The lowest BCUT2D eigenvalue weighted by Crippen LogP contribution is -2.54. The molecule has 17 heavy (non-hydrogen) atoms. The first-order valence-corrected chi connectivity index (χ1v) is 5.68. The highest BCUT2D eigenvalue weighted by Crippen LogP contribution is 2.19. The van der Waals surface area contributed by atoms with Crippen LogP contribution in [0.4, 0.5) is 5.82 Å². The maximum absolute atomic E-state index is 11.6. The molecule has 1 aromatic rings. The summed E-state index contributed by atoms with van der Waals surface area (Å²) < 4.78 is 0. The van der Waals surface area contributed by atoms with E-state index in [0.29, 0.717) is 24.5 Å². The van der Waals surface area contributed by atoms with Crippen LogP contribution in [-0.2, 0) is 4.79 Å². The molecule has 1 fully saturated rings. The molecule has 1 aromatic heterocycles. The van der Waals surface area contributed by atoms with Gasteiger partial charge in [0, 0.05) is 13.1 Å². The molecule has 2 rings (SSSR count). The molecular formula is C10H13N5OS. The van der Waals surface area contributed by atoms with E-state index in [4.69, 9.17) is 18.0 Å². The summed E-state index contributed by atoms with van der Waals surface area (Å²) in [5.74, 6) is 0.540. The van der Waals surface area contributed by atoms with E-state index in [-0.39, 0.29) is 16.9 Å². The van der Waals surface area contributed by atoms with Gasteiger partial charge in [0.1, 0.15) is 11.0 Å². The van der Waals surface area contributed by atoms with E-state index >= 15 is 0 Å². The standard InChI is InChI=1S/C10H13N5OS/c1-6-10(16)12-4-5-15(6)9-7(8(11)17)2-3-13-14-9/h2-3,6H,4-5H2,1H3,(H2,11,17)(H,12,16). The maximum Gasteiger partial charge on any atom is 0.242 e. The number of hydrogen-bond acceptors (Lipinski definition) is 5. The van der Waals surface area contributed by atoms with Gasteiger partial charge in [-0.1, -0.05) is 12.2 Å². The first-order chi connectivity index (χ1) is 8.11. The van der Waals surface area contributed by atoms with Crippen LogP contribution in [-0.4, -0.2) is 40.2 Å². The third-order valence-electron chi connectivity index (χ3n) is 2.74. The summed E-state index contributed by atoms with van der Waals surface area (Å²) in [7, 11) is 0. The lowest BCUT2D eigenvalue weighted by atomic mass is 10.1. The number of nitrogens with zero attached hydrogens (tertiary/aromatic N) is 3. The Morgan fingerprint density at radius 1 is 1.71 bits per heavy atom. The fourth-order valence-corrected chi connectivity index (χ4v) is 1.96. The summed E-state index contributed by atoms with van der Waals surface area (Å²) in [5.41, 5.74) is 6.29. The Balaban J connectivity index is 2.39. The lowest BCUT2D eigenvalue weighted by Gasteiger charge is -2.34. The Hall–Kier alpha value is -1.76. The van der Waals surface area contributed by atoms with Gasteiger partial charge in [-0.05, 0) is 13.0 Å². The summed E-state index contributed by atoms with van der Waals surface area (Å²) in [5, 5.41) is 10.6. The van der Waals surface area contributed by atoms with Crippen LogP contribution in [0.3, 0.4) is 0 Å². The van der Waals surface area contributed by atoms with Gasteiger partial charge in [0.25, 0.3) is 0 Å². The average molecular weight is 251 g/mol. The highest BCUT2D eigenvalue weighted by Gasteiger charge is 2.28. The smallest absolute Gasteiger partial charge is 0.242 e. The number of thiocarbonyl (C=S) groups is 1. The topological polar surface area (TPSA) is 84.1 Å². The van der Waals surface area contributed by atoms with E-state index in [1.54, 1.807) is 6.07 Å². The summed E-state index contributed by atoms with van der Waals surface area (Å²) in [6.07, 6.45) is 1.53. The highest BCUT2D eigenvalue weighted by molar-refractivity contribution is 7.80. The molecule has 1 aliphatic heterocycles. The van der Waals surface area contributed by atoms with E-state index in [0.717, 1.165) is 0 Å². The summed E-state index contributed by atoms with van der Waals surface area (Å²) >= 11 is 4.97. The Labute approximate surface area is 104 Å². The van der Waals surface area contributed by atoms with Crippen LogP contribution in [0, 0.1) is 0 Å². The van der Waals surface area contributed by atoms with Crippen LogP contribution >= 0.6 is 12.2 Å². The number of aromatic nitrogens is 2. The SMILES string of the molecule is CC1C(=O)NCCN1c1nnccc1C(N)=S. The molecule has 6 nitrogen and oxygen atoms in total. The number of nitrogens with two attached hydrogens (primary N) is 1. The van der Waals surface area contributed by atoms with Crippen molar-refractivity contribution in [2.75, 3.05) is 18.0 Å². The normalized spacial score (nSPS) is 19.9. The molecule has 0 spiro atoms. The number of anilines is 1. The van der Waals surface area contributed by atoms with Crippen molar-refractivity contribution in [3.8, 4) is 0 Å². The molecule has 1 unspecified atom stereocenters. The van der Waals surface area contributed by atoms with Crippen LogP contribution in [0.5, 0.6) is 0 Å². The monoisotopic (exact) mass is 251 g/mol. The van der Waals surface area contributed by atoms with Crippen molar-refractivity contribution >= 4 is 28.9 Å². The molecule has 3 N–H and O–H groups in total. The van der Waals surface area contributed by atoms with Crippen molar-refractivity contribution in [2.45, 2.75) is 13.0 Å². The van der Waals surface area contributed by atoms with E-state index in [9.17, 15) is 4.79 Å². The molecule has 0 radical (unpaired) electrons. The predicted molar refractivity (Wildman–Crippen MR) is 67.7 cm³/mol. The van der Waals surface area contributed by atoms with Gasteiger partial charge < -0.3 is 16.0 Å². The number of amides is 1. The molecule has 0 bridgehead atoms. The molecule has 1 saturated heterocycles. The van der Waals surface area contributed by atoms with Gasteiger partial charge in [-0.15, -0.1) is 5.10 Å². The van der Waals surface area contributed by atoms with Gasteiger partial charge in [0.05, 0.1) is 11.8 Å². The molecule has 0 saturated carbocycles. The first kappa shape index (κ1) is 11.7. The number of nitrogens with one attached hydrogen (secondary N) is 1. The zero-order chi connectivity index (χ0) is 12.4. The highest BCUT2D eigenvalue weighted by atomic mass is 32.1. The van der Waals surface area contributed by atoms with E-state index in [1.807, 2.05) is 11.8 Å². The summed E-state index contributed by atoms with van der Waals surface area (Å²) in [6.45, 7) is 3.06. The molecular weight excluding hydrogens is 238 g/mol. The third-order valence-corrected chi connectivity index (χ3v) is 2.96. The van der Waals surface area contributed by atoms with E-state index in [2.05, 4.69) is 15.5 Å². The molecule has 0 aromatic carbocycles. The summed E-state index contributed by atoms with van der Waals surface area (Å²) in [4.78, 5) is 13.7. The minimum atomic E-state index is -0.298. The van der Waals surface area contributed by atoms with Crippen molar-refractivity contribution < 1.29 is 4.79 Å². The van der Waals surface area contributed by atoms with Gasteiger partial charge in [-0.2, -0.15) is 5.10 Å². The minimum absolute atomic E-state index is 0.0317. The molecule has 0 aliphatic carbocycles. The van der Waals surface area contributed by atoms with Crippen molar-refractivity contribution in [1.82, 2.24) is 15.5 Å². The van der Waals surface area contributed by atoms with Gasteiger partial charge in [-0.25, -0.2) is 0 Å². The van der Waals surface area contributed by atoms with Crippen molar-refractivity contribution in [1.29, 1.82) is 0 Å². The largest absolute Gasteiger partial charge is 0.389 e. The summed E-state index contributed by atoms with van der Waals surface area (Å²) in [6, 6.07) is 1.41. The van der Waals surface area contributed by atoms with Gasteiger partial charge in [0.15, 0.2) is 5.82 Å². The second-order valence-electron chi connectivity index (χ2n) is 3.79. The van der Waals surface area contributed by atoms with Gasteiger partial charge in [-0.3, -0.25) is 4.79 Å². The number of rotatable bonds is 2. The van der Waals surface area contributed by atoms with Crippen LogP contribution in [0.2, 0.25) is 0 Å². The van der Waals surface area contributed by atoms with Crippen LogP contribution in [0.25, 0.3) is 0 Å². The Morgan fingerprint density at radius 2 is 2.47 bits per heavy atom. The molecule has 1 amide bonds. The van der Waals surface area contributed by atoms with Crippen molar-refractivity contribution in [3.63, 3.8) is 0 Å². The number of piperazine rings is 1. The Bertz CT molecular complexity index is 464. The van der Waals surface area contributed by atoms with E-state index < -0.39 is 0 Å². The first-order valence-electron chi connectivity index (χ1n) is 5.27. The van der Waals surface area contributed by atoms with Gasteiger partial charge in [0.2, 0.25) is 5.91 Å². The second kappa shape index (κ2) is 4.62. The quantitative estimate of drug-likeness (QED) is 0.685. The van der Waals surface area contributed by atoms with E-state index in [1.165, 1.54) is 6.20 Å². The van der Waals surface area contributed by atoms with Crippen LogP contribution < -0.4 is 16.0 Å². The van der Waals surface area contributed by atoms with Crippen LogP contribution in [0.15, 0.2) is 12.3 Å². The Morgan fingerprint density at radius 3 is 3.18 bits per heavy atom. The number of carbonyl (C=O) groups excluding carboxylic acids is 1. The zero-order valence-electron chi connectivity index (χ0n) is 9.38. The molecule has 1 aliphatic rings. The Kier molecular flexibility index (Phi) is 3.19. The number of carbonyl (C=O) groups is 1. The molecule has 1 atom stereocenters.